The van der Waals surface area contributed by atoms with E-state index < -0.39 is 0 Å². The molecule has 0 radical (unpaired) electrons. The maximum Gasteiger partial charge on any atom is 0.177 e. The molecule has 1 aromatic rings. The smallest absolute Gasteiger partial charge is 0.177 e. The summed E-state index contributed by atoms with van der Waals surface area (Å²) in [4.78, 5) is 3.08. The van der Waals surface area contributed by atoms with Gasteiger partial charge in [0.05, 0.1) is 0 Å². The van der Waals surface area contributed by atoms with Crippen LogP contribution in [0.2, 0.25) is 0 Å². The molecule has 3 heteroatoms. The molecule has 2 nitrogen and oxygen atoms in total. The Kier molecular flexibility index (Phi) is 3.31. The summed E-state index contributed by atoms with van der Waals surface area (Å²) in [7, 11) is 0. The van der Waals surface area contributed by atoms with Crippen LogP contribution in [0.1, 0.15) is 38.9 Å². The number of hydrogen-bond donors (Lipinski definition) is 1. The zero-order valence-corrected chi connectivity index (χ0v) is 9.61. The fraction of sp³-hybridized carbons (Fsp3) is 0.700. The first-order chi connectivity index (χ1) is 6.07. The molecular formula is C10H18N2S. The molecule has 13 heavy (non-hydrogen) atoms. The average Bonchev–Trinajstić information content (AvgIpc) is 2.36. The van der Waals surface area contributed by atoms with Crippen LogP contribution in [-0.2, 0) is 0 Å². The van der Waals surface area contributed by atoms with Gasteiger partial charge in [-0.2, -0.15) is 0 Å². The van der Waals surface area contributed by atoms with E-state index in [1.165, 1.54) is 5.69 Å². The van der Waals surface area contributed by atoms with Gasteiger partial charge >= 0.3 is 0 Å². The molecule has 0 spiro atoms. The van der Waals surface area contributed by atoms with Gasteiger partial charge in [-0.05, 0) is 31.5 Å². The van der Waals surface area contributed by atoms with Crippen molar-refractivity contribution >= 4 is 12.2 Å². The van der Waals surface area contributed by atoms with Crippen LogP contribution >= 0.6 is 12.2 Å². The maximum absolute atomic E-state index is 5.24. The minimum Gasteiger partial charge on any atom is -0.337 e. The van der Waals surface area contributed by atoms with Crippen LogP contribution in [-0.4, -0.2) is 9.55 Å². The summed E-state index contributed by atoms with van der Waals surface area (Å²) >= 11 is 5.24. The molecule has 0 saturated heterocycles. The maximum atomic E-state index is 5.24. The van der Waals surface area contributed by atoms with Gasteiger partial charge in [0.2, 0.25) is 0 Å². The number of aromatic nitrogens is 2. The highest BCUT2D eigenvalue weighted by Gasteiger charge is 2.15. The number of H-pyrrole nitrogens is 1. The number of aryl methyl sites for hydroxylation is 1. The minimum absolute atomic E-state index is 0.527. The molecular weight excluding hydrogens is 180 g/mol. The number of nitrogens with zero attached hydrogens (tertiary/aromatic N) is 1. The van der Waals surface area contributed by atoms with Crippen molar-refractivity contribution in [2.24, 2.45) is 5.92 Å². The largest absolute Gasteiger partial charge is 0.337 e. The highest BCUT2D eigenvalue weighted by molar-refractivity contribution is 7.71. The van der Waals surface area contributed by atoms with Crippen molar-refractivity contribution in [3.05, 3.63) is 16.7 Å². The Hall–Kier alpha value is -0.570. The third kappa shape index (κ3) is 2.02. The van der Waals surface area contributed by atoms with Crippen LogP contribution in [0.15, 0.2) is 6.20 Å². The molecule has 0 saturated carbocycles. The molecule has 1 N–H and O–H groups in total. The van der Waals surface area contributed by atoms with Crippen molar-refractivity contribution in [1.82, 2.24) is 9.55 Å². The lowest BCUT2D eigenvalue weighted by molar-refractivity contribution is 0.357. The summed E-state index contributed by atoms with van der Waals surface area (Å²) < 4.78 is 3.07. The van der Waals surface area contributed by atoms with Crippen LogP contribution in [0.5, 0.6) is 0 Å². The number of rotatable bonds is 3. The number of aromatic amines is 1. The number of imidazole rings is 1. The fourth-order valence-electron chi connectivity index (χ4n) is 1.83. The van der Waals surface area contributed by atoms with Gasteiger partial charge in [-0.3, -0.25) is 0 Å². The lowest BCUT2D eigenvalue weighted by atomic mass is 10.0. The zero-order valence-electron chi connectivity index (χ0n) is 8.79. The third-order valence-electron chi connectivity index (χ3n) is 2.52. The van der Waals surface area contributed by atoms with E-state index in [-0.39, 0.29) is 0 Å². The Labute approximate surface area is 85.0 Å². The quantitative estimate of drug-likeness (QED) is 0.738. The van der Waals surface area contributed by atoms with Crippen molar-refractivity contribution in [1.29, 1.82) is 0 Å². The molecule has 1 unspecified atom stereocenters. The van der Waals surface area contributed by atoms with Gasteiger partial charge in [0, 0.05) is 17.9 Å². The Morgan fingerprint density at radius 1 is 1.54 bits per heavy atom. The van der Waals surface area contributed by atoms with Crippen LogP contribution < -0.4 is 0 Å². The predicted molar refractivity (Wildman–Crippen MR) is 58.5 cm³/mol. The van der Waals surface area contributed by atoms with E-state index in [2.05, 4.69) is 37.2 Å². The Morgan fingerprint density at radius 2 is 2.15 bits per heavy atom. The van der Waals surface area contributed by atoms with E-state index in [0.717, 1.165) is 11.2 Å². The molecule has 1 aromatic heterocycles. The van der Waals surface area contributed by atoms with E-state index >= 15 is 0 Å². The molecule has 1 rings (SSSR count). The highest BCUT2D eigenvalue weighted by Crippen LogP contribution is 2.23. The molecule has 74 valence electrons. The second-order valence-corrected chi connectivity index (χ2v) is 4.21. The van der Waals surface area contributed by atoms with E-state index in [0.29, 0.717) is 12.0 Å². The SMILES string of the molecule is CCC(C(C)C)n1c(C)c[nH]c1=S. The van der Waals surface area contributed by atoms with Crippen molar-refractivity contribution in [3.8, 4) is 0 Å². The number of nitrogens with one attached hydrogen (secondary N) is 1. The van der Waals surface area contributed by atoms with Crippen LogP contribution in [0, 0.1) is 17.6 Å². The van der Waals surface area contributed by atoms with Crippen LogP contribution in [0.3, 0.4) is 0 Å². The molecule has 0 aliphatic rings. The average molecular weight is 198 g/mol. The first-order valence-corrected chi connectivity index (χ1v) is 5.25. The first kappa shape index (κ1) is 10.5. The minimum atomic E-state index is 0.527. The van der Waals surface area contributed by atoms with Crippen LogP contribution in [0.25, 0.3) is 0 Å². The van der Waals surface area contributed by atoms with Crippen molar-refractivity contribution < 1.29 is 0 Å². The van der Waals surface area contributed by atoms with Gasteiger partial charge < -0.3 is 9.55 Å². The molecule has 0 bridgehead atoms. The summed E-state index contributed by atoms with van der Waals surface area (Å²) in [6.07, 6.45) is 3.11. The molecule has 1 atom stereocenters. The summed E-state index contributed by atoms with van der Waals surface area (Å²) in [5, 5.41) is 0. The fourth-order valence-corrected chi connectivity index (χ4v) is 2.17. The molecule has 1 heterocycles. The van der Waals surface area contributed by atoms with Crippen molar-refractivity contribution in [2.45, 2.75) is 40.2 Å². The summed E-state index contributed by atoms with van der Waals surface area (Å²) in [5.74, 6) is 0.631. The van der Waals surface area contributed by atoms with Crippen LogP contribution in [0.4, 0.5) is 0 Å². The second kappa shape index (κ2) is 4.09. The van der Waals surface area contributed by atoms with Gasteiger partial charge in [0.25, 0.3) is 0 Å². The molecule has 0 aromatic carbocycles. The topological polar surface area (TPSA) is 20.7 Å². The summed E-state index contributed by atoms with van der Waals surface area (Å²) in [6.45, 7) is 8.78. The first-order valence-electron chi connectivity index (χ1n) is 4.84. The van der Waals surface area contributed by atoms with Gasteiger partial charge in [0.15, 0.2) is 4.77 Å². The Morgan fingerprint density at radius 3 is 2.46 bits per heavy atom. The normalized spacial score (nSPS) is 13.6. The summed E-state index contributed by atoms with van der Waals surface area (Å²) in [5.41, 5.74) is 1.23. The monoisotopic (exact) mass is 198 g/mol. The van der Waals surface area contributed by atoms with E-state index in [1.807, 2.05) is 6.20 Å². The lowest BCUT2D eigenvalue weighted by Crippen LogP contribution is -2.15. The number of hydrogen-bond acceptors (Lipinski definition) is 1. The third-order valence-corrected chi connectivity index (χ3v) is 2.84. The molecule has 0 aliphatic carbocycles. The molecule has 0 amide bonds. The van der Waals surface area contributed by atoms with Gasteiger partial charge in [-0.25, -0.2) is 0 Å². The van der Waals surface area contributed by atoms with E-state index in [9.17, 15) is 0 Å². The molecule has 0 aliphatic heterocycles. The van der Waals surface area contributed by atoms with Gasteiger partial charge in [-0.15, -0.1) is 0 Å². The Balaban J connectivity index is 3.11. The van der Waals surface area contributed by atoms with E-state index in [4.69, 9.17) is 12.2 Å². The van der Waals surface area contributed by atoms with Gasteiger partial charge in [-0.1, -0.05) is 20.8 Å². The van der Waals surface area contributed by atoms with E-state index in [1.54, 1.807) is 0 Å². The predicted octanol–water partition coefficient (Wildman–Crippen LogP) is 3.46. The second-order valence-electron chi connectivity index (χ2n) is 3.82. The zero-order chi connectivity index (χ0) is 10.0. The van der Waals surface area contributed by atoms with Crippen molar-refractivity contribution in [2.75, 3.05) is 0 Å². The molecule has 0 fully saturated rings. The van der Waals surface area contributed by atoms with Gasteiger partial charge in [0.1, 0.15) is 0 Å². The highest BCUT2D eigenvalue weighted by atomic mass is 32.1. The standard InChI is InChI=1S/C10H18N2S/c1-5-9(7(2)3)12-8(4)6-11-10(12)13/h6-7,9H,5H2,1-4H3,(H,11,13). The Bertz CT molecular complexity index is 322. The lowest BCUT2D eigenvalue weighted by Gasteiger charge is -2.22. The van der Waals surface area contributed by atoms with Crippen molar-refractivity contribution in [3.63, 3.8) is 0 Å². The summed E-state index contributed by atoms with van der Waals surface area (Å²) in [6, 6.07) is 0.527.